The van der Waals surface area contributed by atoms with Gasteiger partial charge in [-0.05, 0) is 31.5 Å². The van der Waals surface area contributed by atoms with Gasteiger partial charge >= 0.3 is 6.18 Å². The second kappa shape index (κ2) is 7.75. The summed E-state index contributed by atoms with van der Waals surface area (Å²) in [4.78, 5) is 18.3. The summed E-state index contributed by atoms with van der Waals surface area (Å²) in [5, 5.41) is 2.62. The first kappa shape index (κ1) is 19.5. The number of amides is 1. The number of aromatic nitrogens is 3. The normalized spacial score (nSPS) is 18.6. The summed E-state index contributed by atoms with van der Waals surface area (Å²) in [5.74, 6) is 0.242. The van der Waals surface area contributed by atoms with Gasteiger partial charge in [-0.3, -0.25) is 9.69 Å². The number of nitrogens with one attached hydrogen (secondary N) is 1. The molecule has 0 saturated carbocycles. The molecule has 0 bridgehead atoms. The molecule has 2 aromatic rings. The predicted molar refractivity (Wildman–Crippen MR) is 94.1 cm³/mol. The van der Waals surface area contributed by atoms with Crippen LogP contribution in [0.4, 0.5) is 13.2 Å². The second-order valence-corrected chi connectivity index (χ2v) is 6.85. The van der Waals surface area contributed by atoms with Crippen molar-refractivity contribution in [3.63, 3.8) is 0 Å². The molecule has 9 heteroatoms. The number of imidazole rings is 1. The molecule has 3 heterocycles. The molecule has 0 radical (unpaired) electrons. The van der Waals surface area contributed by atoms with E-state index in [2.05, 4.69) is 15.2 Å². The van der Waals surface area contributed by atoms with Crippen molar-refractivity contribution in [1.29, 1.82) is 0 Å². The lowest BCUT2D eigenvalue weighted by Crippen LogP contribution is -2.35. The van der Waals surface area contributed by atoms with Crippen LogP contribution < -0.4 is 5.32 Å². The van der Waals surface area contributed by atoms with E-state index in [0.717, 1.165) is 36.1 Å². The smallest absolute Gasteiger partial charge is 0.354 e. The van der Waals surface area contributed by atoms with Crippen molar-refractivity contribution in [3.8, 4) is 0 Å². The van der Waals surface area contributed by atoms with E-state index in [1.54, 1.807) is 13.1 Å². The quantitative estimate of drug-likeness (QED) is 0.864. The van der Waals surface area contributed by atoms with Crippen molar-refractivity contribution in [2.75, 3.05) is 13.6 Å². The predicted octanol–water partition coefficient (Wildman–Crippen LogP) is 2.87. The van der Waals surface area contributed by atoms with Crippen LogP contribution in [0.25, 0.3) is 0 Å². The highest BCUT2D eigenvalue weighted by Crippen LogP contribution is 2.33. The fourth-order valence-corrected chi connectivity index (χ4v) is 3.74. The van der Waals surface area contributed by atoms with Gasteiger partial charge in [-0.25, -0.2) is 4.98 Å². The minimum absolute atomic E-state index is 0.0400. The Kier molecular flexibility index (Phi) is 5.59. The Hall–Kier alpha value is -2.29. The zero-order valence-electron chi connectivity index (χ0n) is 15.5. The Bertz CT molecular complexity index is 795. The van der Waals surface area contributed by atoms with Crippen LogP contribution in [0.15, 0.2) is 24.5 Å². The average Bonchev–Trinajstić information content (AvgIpc) is 3.20. The monoisotopic (exact) mass is 383 g/mol. The van der Waals surface area contributed by atoms with E-state index in [1.165, 1.54) is 12.4 Å². The Morgan fingerprint density at radius 2 is 2.11 bits per heavy atom. The number of hydrogen-bond acceptors (Lipinski definition) is 3. The molecule has 1 aliphatic rings. The van der Waals surface area contributed by atoms with E-state index in [9.17, 15) is 18.0 Å². The van der Waals surface area contributed by atoms with Crippen molar-refractivity contribution in [2.24, 2.45) is 7.05 Å². The van der Waals surface area contributed by atoms with Gasteiger partial charge < -0.3 is 14.5 Å². The van der Waals surface area contributed by atoms with E-state index < -0.39 is 12.7 Å². The molecule has 148 valence electrons. The molecule has 1 unspecified atom stereocenters. The van der Waals surface area contributed by atoms with Crippen molar-refractivity contribution < 1.29 is 18.0 Å². The maximum atomic E-state index is 12.8. The molecule has 1 fully saturated rings. The topological polar surface area (TPSA) is 55.1 Å². The highest BCUT2D eigenvalue weighted by atomic mass is 19.4. The van der Waals surface area contributed by atoms with E-state index >= 15 is 0 Å². The number of alkyl halides is 3. The number of hydrogen-bond donors (Lipinski definition) is 1. The van der Waals surface area contributed by atoms with Gasteiger partial charge in [0.25, 0.3) is 5.91 Å². The number of likely N-dealkylation sites (tertiary alicyclic amines) is 1. The summed E-state index contributed by atoms with van der Waals surface area (Å²) in [6.07, 6.45) is 1.42. The Morgan fingerprint density at radius 1 is 1.33 bits per heavy atom. The molecule has 1 amide bonds. The van der Waals surface area contributed by atoms with Crippen LogP contribution >= 0.6 is 0 Å². The van der Waals surface area contributed by atoms with Gasteiger partial charge in [-0.1, -0.05) is 6.42 Å². The fraction of sp³-hybridized carbons (Fsp3) is 0.556. The summed E-state index contributed by atoms with van der Waals surface area (Å²) in [6.45, 7) is 0.0874. The maximum absolute atomic E-state index is 12.8. The summed E-state index contributed by atoms with van der Waals surface area (Å²) in [7, 11) is 3.43. The van der Waals surface area contributed by atoms with Gasteiger partial charge in [0.15, 0.2) is 0 Å². The number of rotatable bonds is 5. The fourth-order valence-electron chi connectivity index (χ4n) is 3.74. The lowest BCUT2D eigenvalue weighted by molar-refractivity contribution is -0.141. The van der Waals surface area contributed by atoms with Crippen LogP contribution in [0.5, 0.6) is 0 Å². The molecule has 1 aliphatic heterocycles. The van der Waals surface area contributed by atoms with Crippen LogP contribution in [-0.2, 0) is 20.1 Å². The standard InChI is InChI=1S/C18H24F3N5O/c1-22-17(27)15-7-6-13(24(15)2)14-5-3-4-9-25(14)11-16-23-8-10-26(16)12-18(19,20)21/h6-8,10,14H,3-5,9,11-12H2,1-2H3,(H,22,27). The van der Waals surface area contributed by atoms with Crippen molar-refractivity contribution >= 4 is 5.91 Å². The third-order valence-electron chi connectivity index (χ3n) is 5.07. The maximum Gasteiger partial charge on any atom is 0.406 e. The molecule has 1 saturated heterocycles. The lowest BCUT2D eigenvalue weighted by Gasteiger charge is -2.36. The second-order valence-electron chi connectivity index (χ2n) is 6.85. The molecule has 2 aromatic heterocycles. The third kappa shape index (κ3) is 4.35. The molecule has 1 N–H and O–H groups in total. The molecule has 6 nitrogen and oxygen atoms in total. The molecule has 3 rings (SSSR count). The Balaban J connectivity index is 1.82. The first-order valence-corrected chi connectivity index (χ1v) is 8.98. The van der Waals surface area contributed by atoms with Gasteiger partial charge in [0.2, 0.25) is 0 Å². The number of carbonyl (C=O) groups excluding carboxylic acids is 1. The van der Waals surface area contributed by atoms with E-state index in [4.69, 9.17) is 0 Å². The molecule has 0 spiro atoms. The molecule has 27 heavy (non-hydrogen) atoms. The van der Waals surface area contributed by atoms with Gasteiger partial charge in [0, 0.05) is 32.2 Å². The van der Waals surface area contributed by atoms with E-state index in [0.29, 0.717) is 18.1 Å². The SMILES string of the molecule is CNC(=O)c1ccc(C2CCCCN2Cc2nccn2CC(F)(F)F)n1C. The van der Waals surface area contributed by atoms with Crippen LogP contribution in [0.1, 0.15) is 47.3 Å². The number of carbonyl (C=O) groups is 1. The first-order valence-electron chi connectivity index (χ1n) is 8.98. The average molecular weight is 383 g/mol. The van der Waals surface area contributed by atoms with E-state index in [1.807, 2.05) is 17.7 Å². The highest BCUT2D eigenvalue weighted by Gasteiger charge is 2.31. The van der Waals surface area contributed by atoms with Gasteiger partial charge in [-0.15, -0.1) is 0 Å². The summed E-state index contributed by atoms with van der Waals surface area (Å²) >= 11 is 0. The zero-order valence-corrected chi connectivity index (χ0v) is 15.5. The van der Waals surface area contributed by atoms with E-state index in [-0.39, 0.29) is 11.9 Å². The summed E-state index contributed by atoms with van der Waals surface area (Å²) in [6, 6.07) is 3.75. The number of halogens is 3. The molecule has 0 aliphatic carbocycles. The van der Waals surface area contributed by atoms with Crippen molar-refractivity contribution in [1.82, 2.24) is 24.3 Å². The Labute approximate surface area is 156 Å². The molecule has 0 aromatic carbocycles. The summed E-state index contributed by atoms with van der Waals surface area (Å²) < 4.78 is 41.4. The van der Waals surface area contributed by atoms with Gasteiger partial charge in [-0.2, -0.15) is 13.2 Å². The summed E-state index contributed by atoms with van der Waals surface area (Å²) in [5.41, 5.74) is 1.55. The number of piperidine rings is 1. The van der Waals surface area contributed by atoms with Crippen LogP contribution in [-0.4, -0.2) is 44.7 Å². The Morgan fingerprint density at radius 3 is 2.81 bits per heavy atom. The molecular formula is C18H24F3N5O. The molecule has 1 atom stereocenters. The van der Waals surface area contributed by atoms with Crippen molar-refractivity contribution in [2.45, 2.75) is 44.6 Å². The van der Waals surface area contributed by atoms with Crippen LogP contribution in [0.2, 0.25) is 0 Å². The largest absolute Gasteiger partial charge is 0.406 e. The zero-order chi connectivity index (χ0) is 19.6. The lowest BCUT2D eigenvalue weighted by atomic mass is 9.99. The van der Waals surface area contributed by atoms with Gasteiger partial charge in [0.1, 0.15) is 18.1 Å². The third-order valence-corrected chi connectivity index (χ3v) is 5.07. The van der Waals surface area contributed by atoms with Crippen molar-refractivity contribution in [3.05, 3.63) is 41.7 Å². The highest BCUT2D eigenvalue weighted by molar-refractivity contribution is 5.92. The first-order chi connectivity index (χ1) is 12.8. The molecular weight excluding hydrogens is 359 g/mol. The minimum Gasteiger partial charge on any atom is -0.354 e. The number of nitrogens with zero attached hydrogens (tertiary/aromatic N) is 4. The minimum atomic E-state index is -4.28. The van der Waals surface area contributed by atoms with Gasteiger partial charge in [0.05, 0.1) is 12.6 Å². The van der Waals surface area contributed by atoms with Crippen LogP contribution in [0.3, 0.4) is 0 Å². The van der Waals surface area contributed by atoms with Crippen LogP contribution in [0, 0.1) is 0 Å².